The average molecular weight is 581 g/mol. The highest BCUT2D eigenvalue weighted by molar-refractivity contribution is 7.89. The first kappa shape index (κ1) is 27.6. The number of amides is 2. The normalized spacial score (nSPS) is 18.7. The number of aromatic nitrogens is 3. The highest BCUT2D eigenvalue weighted by Gasteiger charge is 2.32. The Morgan fingerprint density at radius 3 is 2.46 bits per heavy atom. The number of sulfonamides is 1. The molecule has 0 bridgehead atoms. The van der Waals surface area contributed by atoms with E-state index in [1.807, 2.05) is 35.2 Å². The third-order valence-corrected chi connectivity index (χ3v) is 8.87. The van der Waals surface area contributed by atoms with Gasteiger partial charge in [-0.2, -0.15) is 5.10 Å². The van der Waals surface area contributed by atoms with Gasteiger partial charge in [0.25, 0.3) is 5.91 Å². The second kappa shape index (κ2) is 11.4. The van der Waals surface area contributed by atoms with Gasteiger partial charge >= 0.3 is 0 Å². The number of anilines is 1. The van der Waals surface area contributed by atoms with Crippen molar-refractivity contribution in [3.8, 4) is 5.69 Å². The summed E-state index contributed by atoms with van der Waals surface area (Å²) < 4.78 is 33.8. The standard InChI is InChI=1S/C29H36N6O5S/c1-41(38,39)32-29(37)23-19-24(33-15-12-22(13-16-33)40-18-17-34-14-6-11-25(34)36)26-27(20-7-5-8-20)31-35(28(26)30-23)21-9-3-2-4-10-21/h2-4,9-10,19-20,22H,5-8,11-18H2,1H3,(H,32,37). The minimum atomic E-state index is -3.77. The monoisotopic (exact) mass is 580 g/mol. The van der Waals surface area contributed by atoms with E-state index in [0.717, 1.165) is 73.8 Å². The lowest BCUT2D eigenvalue weighted by Crippen LogP contribution is -2.39. The van der Waals surface area contributed by atoms with Crippen molar-refractivity contribution in [2.45, 2.75) is 57.0 Å². The van der Waals surface area contributed by atoms with Crippen LogP contribution in [0.2, 0.25) is 0 Å². The maximum Gasteiger partial charge on any atom is 0.283 e. The van der Waals surface area contributed by atoms with Crippen molar-refractivity contribution in [1.29, 1.82) is 0 Å². The number of ether oxygens (including phenoxy) is 1. The zero-order chi connectivity index (χ0) is 28.6. The van der Waals surface area contributed by atoms with Crippen molar-refractivity contribution in [2.75, 3.05) is 43.9 Å². The van der Waals surface area contributed by atoms with Crippen LogP contribution in [0.4, 0.5) is 5.69 Å². The lowest BCUT2D eigenvalue weighted by atomic mass is 9.82. The molecule has 11 nitrogen and oxygen atoms in total. The third-order valence-electron chi connectivity index (χ3n) is 8.32. The van der Waals surface area contributed by atoms with E-state index in [1.165, 1.54) is 0 Å². The molecule has 1 aromatic carbocycles. The number of hydrogen-bond acceptors (Lipinski definition) is 8. The Kier molecular flexibility index (Phi) is 7.69. The maximum atomic E-state index is 13.0. The molecule has 3 fully saturated rings. The zero-order valence-corrected chi connectivity index (χ0v) is 24.1. The molecule has 218 valence electrons. The molecular weight excluding hydrogens is 544 g/mol. The molecule has 2 saturated heterocycles. The number of rotatable bonds is 9. The lowest BCUT2D eigenvalue weighted by molar-refractivity contribution is -0.128. The molecule has 2 aliphatic heterocycles. The number of nitrogens with zero attached hydrogens (tertiary/aromatic N) is 5. The maximum absolute atomic E-state index is 13.0. The van der Waals surface area contributed by atoms with E-state index in [1.54, 1.807) is 10.7 Å². The Morgan fingerprint density at radius 1 is 1.07 bits per heavy atom. The molecule has 3 aromatic rings. The number of carbonyl (C=O) groups excluding carboxylic acids is 2. The summed E-state index contributed by atoms with van der Waals surface area (Å²) in [6.45, 7) is 3.39. The highest BCUT2D eigenvalue weighted by atomic mass is 32.2. The number of nitrogens with one attached hydrogen (secondary N) is 1. The number of benzene rings is 1. The van der Waals surface area contributed by atoms with Crippen LogP contribution in [0.25, 0.3) is 16.7 Å². The number of pyridine rings is 1. The Hall–Kier alpha value is -3.51. The Morgan fingerprint density at radius 2 is 1.83 bits per heavy atom. The second-order valence-electron chi connectivity index (χ2n) is 11.2. The highest BCUT2D eigenvalue weighted by Crippen LogP contribution is 2.43. The van der Waals surface area contributed by atoms with Crippen LogP contribution in [0, 0.1) is 0 Å². The van der Waals surface area contributed by atoms with Gasteiger partial charge in [-0.05, 0) is 50.3 Å². The number of para-hydroxylation sites is 1. The van der Waals surface area contributed by atoms with Gasteiger partial charge in [0.15, 0.2) is 5.65 Å². The van der Waals surface area contributed by atoms with Crippen LogP contribution in [-0.4, -0.2) is 85.0 Å². The Bertz CT molecular complexity index is 1540. The van der Waals surface area contributed by atoms with Crippen molar-refractivity contribution in [3.63, 3.8) is 0 Å². The van der Waals surface area contributed by atoms with E-state index in [4.69, 9.17) is 14.8 Å². The van der Waals surface area contributed by atoms with Crippen LogP contribution in [0.3, 0.4) is 0 Å². The molecular formula is C29H36N6O5S. The van der Waals surface area contributed by atoms with Gasteiger partial charge in [-0.25, -0.2) is 22.8 Å². The first-order valence-electron chi connectivity index (χ1n) is 14.4. The predicted octanol–water partition coefficient (Wildman–Crippen LogP) is 2.99. The predicted molar refractivity (Wildman–Crippen MR) is 155 cm³/mol. The number of carbonyl (C=O) groups is 2. The Balaban J connectivity index is 1.32. The summed E-state index contributed by atoms with van der Waals surface area (Å²) in [4.78, 5) is 33.8. The summed E-state index contributed by atoms with van der Waals surface area (Å²) in [6, 6.07) is 11.4. The molecule has 1 aliphatic carbocycles. The van der Waals surface area contributed by atoms with Gasteiger partial charge in [-0.1, -0.05) is 24.6 Å². The van der Waals surface area contributed by atoms with Gasteiger partial charge < -0.3 is 14.5 Å². The third kappa shape index (κ3) is 5.94. The van der Waals surface area contributed by atoms with Crippen LogP contribution in [0.1, 0.15) is 67.0 Å². The largest absolute Gasteiger partial charge is 0.376 e. The Labute approximate surface area is 239 Å². The van der Waals surface area contributed by atoms with Crippen molar-refractivity contribution in [2.24, 2.45) is 0 Å². The molecule has 1 saturated carbocycles. The summed E-state index contributed by atoms with van der Waals surface area (Å²) in [6.07, 6.45) is 7.44. The zero-order valence-electron chi connectivity index (χ0n) is 23.3. The molecule has 1 N–H and O–H groups in total. The van der Waals surface area contributed by atoms with Gasteiger partial charge in [0.05, 0.1) is 41.4 Å². The topological polar surface area (TPSA) is 127 Å². The minimum absolute atomic E-state index is 0.0313. The molecule has 2 amide bonds. The van der Waals surface area contributed by atoms with Crippen LogP contribution in [0.5, 0.6) is 0 Å². The van der Waals surface area contributed by atoms with Crippen molar-refractivity contribution in [1.82, 2.24) is 24.4 Å². The second-order valence-corrected chi connectivity index (χ2v) is 13.0. The first-order valence-corrected chi connectivity index (χ1v) is 16.3. The summed E-state index contributed by atoms with van der Waals surface area (Å²) in [5.41, 5.74) is 3.22. The smallest absolute Gasteiger partial charge is 0.283 e. The van der Waals surface area contributed by atoms with Gasteiger partial charge in [-0.15, -0.1) is 0 Å². The van der Waals surface area contributed by atoms with Crippen molar-refractivity contribution < 1.29 is 22.7 Å². The SMILES string of the molecule is CS(=O)(=O)NC(=O)c1cc(N2CCC(OCCN3CCCC3=O)CC2)c2c(C3CCC3)nn(-c3ccccc3)c2n1. The number of fused-ring (bicyclic) bond motifs is 1. The fourth-order valence-corrected chi connectivity index (χ4v) is 6.40. The molecule has 41 heavy (non-hydrogen) atoms. The summed E-state index contributed by atoms with van der Waals surface area (Å²) in [7, 11) is -3.77. The van der Waals surface area contributed by atoms with E-state index >= 15 is 0 Å². The molecule has 4 heterocycles. The summed E-state index contributed by atoms with van der Waals surface area (Å²) >= 11 is 0. The molecule has 2 aromatic heterocycles. The van der Waals surface area contributed by atoms with Crippen LogP contribution >= 0.6 is 0 Å². The van der Waals surface area contributed by atoms with Crippen LogP contribution in [0.15, 0.2) is 36.4 Å². The van der Waals surface area contributed by atoms with E-state index in [-0.39, 0.29) is 17.7 Å². The minimum Gasteiger partial charge on any atom is -0.376 e. The van der Waals surface area contributed by atoms with Gasteiger partial charge in [0.1, 0.15) is 5.69 Å². The molecule has 3 aliphatic rings. The number of likely N-dealkylation sites (tertiary alicyclic amines) is 1. The molecule has 0 atom stereocenters. The quantitative estimate of drug-likeness (QED) is 0.409. The molecule has 0 spiro atoms. The van der Waals surface area contributed by atoms with E-state index < -0.39 is 15.9 Å². The van der Waals surface area contributed by atoms with Crippen molar-refractivity contribution in [3.05, 3.63) is 47.8 Å². The van der Waals surface area contributed by atoms with E-state index in [0.29, 0.717) is 44.2 Å². The molecule has 12 heteroatoms. The van der Waals surface area contributed by atoms with Crippen LogP contribution in [-0.2, 0) is 19.6 Å². The lowest BCUT2D eigenvalue weighted by Gasteiger charge is -2.35. The summed E-state index contributed by atoms with van der Waals surface area (Å²) in [5, 5.41) is 5.95. The summed E-state index contributed by atoms with van der Waals surface area (Å²) in [5.74, 6) is -0.247. The van der Waals surface area contributed by atoms with Crippen molar-refractivity contribution >= 4 is 38.6 Å². The average Bonchev–Trinajstić information content (AvgIpc) is 3.50. The van der Waals surface area contributed by atoms with E-state index in [2.05, 4.69) is 9.62 Å². The number of hydrogen-bond donors (Lipinski definition) is 1. The van der Waals surface area contributed by atoms with Crippen LogP contribution < -0.4 is 9.62 Å². The fraction of sp³-hybridized carbons (Fsp3) is 0.517. The van der Waals surface area contributed by atoms with E-state index in [9.17, 15) is 18.0 Å². The fourth-order valence-electron chi connectivity index (χ4n) is 5.96. The van der Waals surface area contributed by atoms with Gasteiger partial charge in [0, 0.05) is 38.5 Å². The first-order chi connectivity index (χ1) is 19.8. The number of piperidine rings is 1. The molecule has 0 unspecified atom stereocenters. The van der Waals surface area contributed by atoms with Gasteiger partial charge in [-0.3, -0.25) is 9.59 Å². The molecule has 0 radical (unpaired) electrons. The molecule has 6 rings (SSSR count). The van der Waals surface area contributed by atoms with Gasteiger partial charge in [0.2, 0.25) is 15.9 Å².